The van der Waals surface area contributed by atoms with Gasteiger partial charge < -0.3 is 9.84 Å². The summed E-state index contributed by atoms with van der Waals surface area (Å²) in [5.74, 6) is -2.51. The molecule has 1 aliphatic heterocycles. The van der Waals surface area contributed by atoms with Crippen molar-refractivity contribution in [2.24, 2.45) is 0 Å². The molecule has 5 nitrogen and oxygen atoms in total. The van der Waals surface area contributed by atoms with E-state index in [0.29, 0.717) is 11.3 Å². The minimum Gasteiger partial charge on any atom is -0.507 e. The predicted octanol–water partition coefficient (Wildman–Crippen LogP) is 5.02. The number of aliphatic hydroxyl groups excluding tert-OH is 1. The van der Waals surface area contributed by atoms with E-state index in [4.69, 9.17) is 4.74 Å². The van der Waals surface area contributed by atoms with E-state index in [2.05, 4.69) is 0 Å². The number of halogens is 1. The average Bonchev–Trinajstić information content (AvgIpc) is 3.09. The zero-order valence-corrected chi connectivity index (χ0v) is 17.7. The summed E-state index contributed by atoms with van der Waals surface area (Å²) in [5.41, 5.74) is 2.16. The number of ether oxygens (including phenoxy) is 1. The number of methoxy groups -OCH3 is 1. The monoisotopic (exact) mass is 431 g/mol. The number of benzene rings is 3. The van der Waals surface area contributed by atoms with Crippen LogP contribution in [0.4, 0.5) is 10.1 Å². The maximum atomic E-state index is 14.0. The quantitative estimate of drug-likeness (QED) is 0.350. The summed E-state index contributed by atoms with van der Waals surface area (Å²) in [6, 6.07) is 19.1. The lowest BCUT2D eigenvalue weighted by molar-refractivity contribution is -0.132. The van der Waals surface area contributed by atoms with Crippen LogP contribution in [0.3, 0.4) is 0 Å². The van der Waals surface area contributed by atoms with Gasteiger partial charge in [0.05, 0.1) is 24.3 Å². The number of nitrogens with zero attached hydrogens (tertiary/aromatic N) is 1. The first-order valence-corrected chi connectivity index (χ1v) is 10.2. The second kappa shape index (κ2) is 8.67. The van der Waals surface area contributed by atoms with E-state index < -0.39 is 29.3 Å². The molecule has 1 atom stereocenters. The molecule has 6 heteroatoms. The number of anilines is 1. The zero-order chi connectivity index (χ0) is 22.8. The van der Waals surface area contributed by atoms with E-state index in [0.717, 1.165) is 18.1 Å². The molecular formula is C26H22FNO4. The van der Waals surface area contributed by atoms with Gasteiger partial charge in [-0.25, -0.2) is 4.39 Å². The third-order valence-corrected chi connectivity index (χ3v) is 5.60. The molecule has 162 valence electrons. The van der Waals surface area contributed by atoms with E-state index in [-0.39, 0.29) is 16.9 Å². The Kier molecular flexibility index (Phi) is 5.77. The Hall–Kier alpha value is -3.93. The number of rotatable bonds is 5. The SMILES string of the molecule is CCc1ccc(C2/C(=C(\O)c3cc(F)ccc3OC)C(=O)C(=O)N2c2ccccc2)cc1. The van der Waals surface area contributed by atoms with Crippen LogP contribution in [0.5, 0.6) is 5.75 Å². The van der Waals surface area contributed by atoms with Gasteiger partial charge in [-0.1, -0.05) is 49.4 Å². The number of ketones is 1. The molecule has 0 aromatic heterocycles. The van der Waals surface area contributed by atoms with Crippen molar-refractivity contribution in [2.45, 2.75) is 19.4 Å². The second-order valence-electron chi connectivity index (χ2n) is 7.44. The fraction of sp³-hybridized carbons (Fsp3) is 0.154. The molecule has 1 heterocycles. The highest BCUT2D eigenvalue weighted by atomic mass is 19.1. The molecule has 0 saturated carbocycles. The molecule has 1 fully saturated rings. The number of hydrogen-bond donors (Lipinski definition) is 1. The van der Waals surface area contributed by atoms with Crippen molar-refractivity contribution >= 4 is 23.1 Å². The summed E-state index contributed by atoms with van der Waals surface area (Å²) in [5, 5.41) is 11.2. The molecular weight excluding hydrogens is 409 g/mol. The minimum absolute atomic E-state index is 0.00809. The standard InChI is InChI=1S/C26H22FNO4/c1-3-16-9-11-17(12-10-16)23-22(24(29)20-15-18(27)13-14-21(20)32-2)25(30)26(31)28(23)19-7-5-4-6-8-19/h4-15,23,29H,3H2,1-2H3/b24-22+. The molecule has 3 aromatic rings. The van der Waals surface area contributed by atoms with Crippen LogP contribution in [0.25, 0.3) is 5.76 Å². The highest BCUT2D eigenvalue weighted by molar-refractivity contribution is 6.51. The fourth-order valence-electron chi connectivity index (χ4n) is 3.95. The average molecular weight is 431 g/mol. The van der Waals surface area contributed by atoms with Crippen molar-refractivity contribution in [3.8, 4) is 5.75 Å². The van der Waals surface area contributed by atoms with Gasteiger partial charge in [0.15, 0.2) is 0 Å². The lowest BCUT2D eigenvalue weighted by Crippen LogP contribution is -2.29. The Bertz CT molecular complexity index is 1200. The number of aryl methyl sites for hydroxylation is 1. The summed E-state index contributed by atoms with van der Waals surface area (Å²) in [7, 11) is 1.38. The Morgan fingerprint density at radius 1 is 1.03 bits per heavy atom. The third kappa shape index (κ3) is 3.64. The minimum atomic E-state index is -0.878. The number of para-hydroxylation sites is 1. The van der Waals surface area contributed by atoms with E-state index >= 15 is 0 Å². The number of carbonyl (C=O) groups is 2. The van der Waals surface area contributed by atoms with E-state index in [1.807, 2.05) is 37.3 Å². The Balaban J connectivity index is 1.97. The van der Waals surface area contributed by atoms with Crippen molar-refractivity contribution < 1.29 is 23.8 Å². The zero-order valence-electron chi connectivity index (χ0n) is 17.7. The van der Waals surface area contributed by atoms with Crippen LogP contribution < -0.4 is 9.64 Å². The summed E-state index contributed by atoms with van der Waals surface area (Å²) in [6.07, 6.45) is 0.833. The third-order valence-electron chi connectivity index (χ3n) is 5.60. The molecule has 0 radical (unpaired) electrons. The molecule has 0 spiro atoms. The number of Topliss-reactive ketones (excluding diaryl/α,β-unsaturated/α-hetero) is 1. The summed E-state index contributed by atoms with van der Waals surface area (Å²) in [4.78, 5) is 27.6. The van der Waals surface area contributed by atoms with Crippen molar-refractivity contribution in [1.82, 2.24) is 0 Å². The normalized spacial score (nSPS) is 17.6. The molecule has 4 rings (SSSR count). The maximum absolute atomic E-state index is 14.0. The smallest absolute Gasteiger partial charge is 0.300 e. The van der Waals surface area contributed by atoms with Crippen LogP contribution in [-0.2, 0) is 16.0 Å². The highest BCUT2D eigenvalue weighted by Crippen LogP contribution is 2.43. The van der Waals surface area contributed by atoms with Crippen molar-refractivity contribution in [2.75, 3.05) is 12.0 Å². The highest BCUT2D eigenvalue weighted by Gasteiger charge is 2.47. The Morgan fingerprint density at radius 3 is 2.34 bits per heavy atom. The molecule has 0 aliphatic carbocycles. The van der Waals surface area contributed by atoms with Crippen LogP contribution in [0.15, 0.2) is 78.4 Å². The van der Waals surface area contributed by atoms with Crippen LogP contribution in [0.1, 0.15) is 29.7 Å². The summed E-state index contributed by atoms with van der Waals surface area (Å²) < 4.78 is 19.3. The maximum Gasteiger partial charge on any atom is 0.300 e. The lowest BCUT2D eigenvalue weighted by atomic mass is 9.94. The van der Waals surface area contributed by atoms with Gasteiger partial charge in [0.2, 0.25) is 0 Å². The topological polar surface area (TPSA) is 66.8 Å². The first kappa shape index (κ1) is 21.3. The van der Waals surface area contributed by atoms with Gasteiger partial charge in [0.25, 0.3) is 11.7 Å². The van der Waals surface area contributed by atoms with Crippen molar-refractivity contribution in [3.63, 3.8) is 0 Å². The van der Waals surface area contributed by atoms with Gasteiger partial charge in [-0.3, -0.25) is 14.5 Å². The second-order valence-corrected chi connectivity index (χ2v) is 7.44. The largest absolute Gasteiger partial charge is 0.507 e. The predicted molar refractivity (Wildman–Crippen MR) is 120 cm³/mol. The molecule has 1 amide bonds. The summed E-state index contributed by atoms with van der Waals surface area (Å²) in [6.45, 7) is 2.03. The lowest BCUT2D eigenvalue weighted by Gasteiger charge is -2.25. The summed E-state index contributed by atoms with van der Waals surface area (Å²) >= 11 is 0. The van der Waals surface area contributed by atoms with Gasteiger partial charge in [-0.05, 0) is 47.9 Å². The molecule has 1 unspecified atom stereocenters. The number of aliphatic hydroxyl groups is 1. The first-order valence-electron chi connectivity index (χ1n) is 10.2. The van der Waals surface area contributed by atoms with Gasteiger partial charge in [-0.15, -0.1) is 0 Å². The molecule has 32 heavy (non-hydrogen) atoms. The Labute approximate surface area is 185 Å². The van der Waals surface area contributed by atoms with Gasteiger partial charge >= 0.3 is 0 Å². The number of amides is 1. The molecule has 0 bridgehead atoms. The van der Waals surface area contributed by atoms with Crippen LogP contribution in [-0.4, -0.2) is 23.9 Å². The van der Waals surface area contributed by atoms with Crippen LogP contribution in [0.2, 0.25) is 0 Å². The van der Waals surface area contributed by atoms with Crippen molar-refractivity contribution in [1.29, 1.82) is 0 Å². The number of carbonyl (C=O) groups excluding carboxylic acids is 2. The van der Waals surface area contributed by atoms with E-state index in [1.54, 1.807) is 24.3 Å². The molecule has 1 saturated heterocycles. The number of hydrogen-bond acceptors (Lipinski definition) is 4. The van der Waals surface area contributed by atoms with Crippen LogP contribution >= 0.6 is 0 Å². The van der Waals surface area contributed by atoms with E-state index in [9.17, 15) is 19.1 Å². The molecule has 1 aliphatic rings. The van der Waals surface area contributed by atoms with Crippen LogP contribution in [0, 0.1) is 5.82 Å². The van der Waals surface area contributed by atoms with Crippen molar-refractivity contribution in [3.05, 3.63) is 101 Å². The molecule has 1 N–H and O–H groups in total. The van der Waals surface area contributed by atoms with E-state index in [1.165, 1.54) is 24.1 Å². The Morgan fingerprint density at radius 2 is 1.72 bits per heavy atom. The van der Waals surface area contributed by atoms with Gasteiger partial charge in [0.1, 0.15) is 17.3 Å². The molecule has 3 aromatic carbocycles. The van der Waals surface area contributed by atoms with Gasteiger partial charge in [-0.2, -0.15) is 0 Å². The van der Waals surface area contributed by atoms with Gasteiger partial charge in [0, 0.05) is 5.69 Å². The first-order chi connectivity index (χ1) is 15.5. The fourth-order valence-corrected chi connectivity index (χ4v) is 3.95.